The molecule has 140 valence electrons. The molecular weight excluding hydrogens is 351 g/mol. The van der Waals surface area contributed by atoms with Crippen LogP contribution in [0.1, 0.15) is 43.6 Å². The molecule has 0 amide bonds. The van der Waals surface area contributed by atoms with Gasteiger partial charge >= 0.3 is 6.18 Å². The highest BCUT2D eigenvalue weighted by atomic mass is 19.4. The quantitative estimate of drug-likeness (QED) is 0.592. The number of benzene rings is 1. The molecule has 0 saturated heterocycles. The van der Waals surface area contributed by atoms with E-state index in [9.17, 15) is 13.2 Å². The van der Waals surface area contributed by atoms with E-state index in [0.717, 1.165) is 22.9 Å². The fourth-order valence-corrected chi connectivity index (χ4v) is 3.60. The van der Waals surface area contributed by atoms with Crippen molar-refractivity contribution in [2.45, 2.75) is 38.3 Å². The second-order valence-electron chi connectivity index (χ2n) is 7.04. The minimum Gasteiger partial charge on any atom is -0.338 e. The van der Waals surface area contributed by atoms with Crippen molar-refractivity contribution in [3.8, 4) is 11.1 Å². The molecule has 2 heterocycles. The van der Waals surface area contributed by atoms with Crippen molar-refractivity contribution in [1.82, 2.24) is 15.0 Å². The van der Waals surface area contributed by atoms with E-state index in [2.05, 4.69) is 21.0 Å². The molecule has 1 aromatic carbocycles. The van der Waals surface area contributed by atoms with Gasteiger partial charge in [-0.15, -0.1) is 0 Å². The van der Waals surface area contributed by atoms with Gasteiger partial charge in [-0.2, -0.15) is 13.2 Å². The highest BCUT2D eigenvalue weighted by molar-refractivity contribution is 5.83. The van der Waals surface area contributed by atoms with Gasteiger partial charge in [-0.3, -0.25) is 4.98 Å². The number of rotatable bonds is 3. The summed E-state index contributed by atoms with van der Waals surface area (Å²) in [5, 5.41) is 0. The SMILES string of the molecule is FC(F)(F)c1cc(-c2ccc3[nH]c(/C=C/C4CCCCC4)nc3c2)ccn1. The van der Waals surface area contributed by atoms with E-state index in [-0.39, 0.29) is 0 Å². The van der Waals surface area contributed by atoms with Gasteiger partial charge in [0.15, 0.2) is 0 Å². The number of allylic oxidation sites excluding steroid dienone is 1. The number of alkyl halides is 3. The monoisotopic (exact) mass is 371 g/mol. The molecule has 1 aliphatic rings. The van der Waals surface area contributed by atoms with Gasteiger partial charge in [0.25, 0.3) is 0 Å². The second kappa shape index (κ2) is 7.18. The molecule has 1 fully saturated rings. The molecule has 1 aliphatic carbocycles. The molecule has 3 aromatic rings. The Bertz CT molecular complexity index is 966. The van der Waals surface area contributed by atoms with Crippen LogP contribution in [0.25, 0.3) is 28.2 Å². The van der Waals surface area contributed by atoms with Crippen molar-refractivity contribution in [2.75, 3.05) is 0 Å². The molecule has 27 heavy (non-hydrogen) atoms. The lowest BCUT2D eigenvalue weighted by molar-refractivity contribution is -0.141. The van der Waals surface area contributed by atoms with Crippen LogP contribution in [0.4, 0.5) is 13.2 Å². The van der Waals surface area contributed by atoms with Gasteiger partial charge in [0.1, 0.15) is 11.5 Å². The molecule has 6 heteroatoms. The maximum absolute atomic E-state index is 12.9. The number of H-pyrrole nitrogens is 1. The van der Waals surface area contributed by atoms with E-state index in [1.165, 1.54) is 38.3 Å². The number of nitrogens with one attached hydrogen (secondary N) is 1. The maximum atomic E-state index is 12.9. The van der Waals surface area contributed by atoms with Gasteiger partial charge in [0.2, 0.25) is 0 Å². The Morgan fingerprint density at radius 1 is 1.00 bits per heavy atom. The zero-order chi connectivity index (χ0) is 18.9. The van der Waals surface area contributed by atoms with Crippen LogP contribution in [0.15, 0.2) is 42.6 Å². The number of fused-ring (bicyclic) bond motifs is 1. The molecule has 0 aliphatic heterocycles. The van der Waals surface area contributed by atoms with E-state index in [1.807, 2.05) is 12.1 Å². The summed E-state index contributed by atoms with van der Waals surface area (Å²) in [4.78, 5) is 11.2. The summed E-state index contributed by atoms with van der Waals surface area (Å²) < 4.78 is 38.7. The highest BCUT2D eigenvalue weighted by Gasteiger charge is 2.32. The minimum atomic E-state index is -4.45. The largest absolute Gasteiger partial charge is 0.433 e. The molecular formula is C21H20F3N3. The zero-order valence-electron chi connectivity index (χ0n) is 14.8. The van der Waals surface area contributed by atoms with Crippen LogP contribution in [0.3, 0.4) is 0 Å². The highest BCUT2D eigenvalue weighted by Crippen LogP contribution is 2.31. The number of halogens is 3. The number of hydrogen-bond acceptors (Lipinski definition) is 2. The third-order valence-electron chi connectivity index (χ3n) is 5.06. The van der Waals surface area contributed by atoms with Crippen LogP contribution in [0.5, 0.6) is 0 Å². The van der Waals surface area contributed by atoms with Gasteiger partial charge in [0.05, 0.1) is 11.0 Å². The molecule has 0 bridgehead atoms. The molecule has 0 spiro atoms. The molecule has 1 N–H and O–H groups in total. The summed E-state index contributed by atoms with van der Waals surface area (Å²) >= 11 is 0. The van der Waals surface area contributed by atoms with Crippen molar-refractivity contribution in [2.24, 2.45) is 5.92 Å². The second-order valence-corrected chi connectivity index (χ2v) is 7.04. The predicted molar refractivity (Wildman–Crippen MR) is 99.9 cm³/mol. The third kappa shape index (κ3) is 4.04. The number of aromatic nitrogens is 3. The van der Waals surface area contributed by atoms with Gasteiger partial charge < -0.3 is 4.98 Å². The van der Waals surface area contributed by atoms with Crippen molar-refractivity contribution in [3.05, 3.63) is 54.1 Å². The van der Waals surface area contributed by atoms with Crippen molar-refractivity contribution >= 4 is 17.1 Å². The first-order valence-corrected chi connectivity index (χ1v) is 9.21. The smallest absolute Gasteiger partial charge is 0.338 e. The van der Waals surface area contributed by atoms with Crippen molar-refractivity contribution in [1.29, 1.82) is 0 Å². The molecule has 0 atom stereocenters. The lowest BCUT2D eigenvalue weighted by atomic mass is 9.89. The summed E-state index contributed by atoms with van der Waals surface area (Å²) in [7, 11) is 0. The van der Waals surface area contributed by atoms with Gasteiger partial charge in [-0.25, -0.2) is 4.98 Å². The van der Waals surface area contributed by atoms with Crippen LogP contribution in [-0.2, 0) is 6.18 Å². The molecule has 1 saturated carbocycles. The Morgan fingerprint density at radius 3 is 2.56 bits per heavy atom. The van der Waals surface area contributed by atoms with Crippen molar-refractivity contribution < 1.29 is 13.2 Å². The molecule has 2 aromatic heterocycles. The molecule has 3 nitrogen and oxygen atoms in total. The standard InChI is InChI=1S/C21H20F3N3/c22-21(23,24)19-13-16(10-11-25-19)15-7-8-17-18(12-15)27-20(26-17)9-6-14-4-2-1-3-5-14/h6-14H,1-5H2,(H,26,27)/b9-6+. The first-order valence-electron chi connectivity index (χ1n) is 9.21. The van der Waals surface area contributed by atoms with Crippen LogP contribution in [-0.4, -0.2) is 15.0 Å². The van der Waals surface area contributed by atoms with E-state index >= 15 is 0 Å². The topological polar surface area (TPSA) is 41.6 Å². The summed E-state index contributed by atoms with van der Waals surface area (Å²) in [6, 6.07) is 8.10. The average Bonchev–Trinajstić information content (AvgIpc) is 3.09. The van der Waals surface area contributed by atoms with E-state index in [4.69, 9.17) is 0 Å². The summed E-state index contributed by atoms with van der Waals surface area (Å²) in [6.07, 6.45) is 7.31. The molecule has 0 unspecified atom stereocenters. The fraction of sp³-hybridized carbons (Fsp3) is 0.333. The molecule has 0 radical (unpaired) electrons. The number of nitrogens with zero attached hydrogens (tertiary/aromatic N) is 2. The normalized spacial score (nSPS) is 16.4. The number of aromatic amines is 1. The Labute approximate surface area is 155 Å². The van der Waals surface area contributed by atoms with E-state index < -0.39 is 11.9 Å². The van der Waals surface area contributed by atoms with Crippen LogP contribution in [0.2, 0.25) is 0 Å². The maximum Gasteiger partial charge on any atom is 0.433 e. The van der Waals surface area contributed by atoms with Gasteiger partial charge in [-0.1, -0.05) is 31.4 Å². The predicted octanol–water partition coefficient (Wildman–Crippen LogP) is 6.24. The van der Waals surface area contributed by atoms with E-state index in [0.29, 0.717) is 17.0 Å². The molecule has 4 rings (SSSR count). The zero-order valence-corrected chi connectivity index (χ0v) is 14.8. The number of hydrogen-bond donors (Lipinski definition) is 1. The number of pyridine rings is 1. The Hall–Kier alpha value is -2.63. The van der Waals surface area contributed by atoms with Crippen molar-refractivity contribution in [3.63, 3.8) is 0 Å². The van der Waals surface area contributed by atoms with Crippen LogP contribution >= 0.6 is 0 Å². The average molecular weight is 371 g/mol. The Morgan fingerprint density at radius 2 is 1.78 bits per heavy atom. The summed E-state index contributed by atoms with van der Waals surface area (Å²) in [6.45, 7) is 0. The lowest BCUT2D eigenvalue weighted by Crippen LogP contribution is -2.07. The summed E-state index contributed by atoms with van der Waals surface area (Å²) in [5.41, 5.74) is 1.87. The number of imidazole rings is 1. The van der Waals surface area contributed by atoms with Gasteiger partial charge in [0, 0.05) is 6.20 Å². The van der Waals surface area contributed by atoms with Crippen LogP contribution < -0.4 is 0 Å². The van der Waals surface area contributed by atoms with E-state index in [1.54, 1.807) is 18.2 Å². The summed E-state index contributed by atoms with van der Waals surface area (Å²) in [5.74, 6) is 1.39. The Kier molecular flexibility index (Phi) is 4.72. The first-order chi connectivity index (χ1) is 13.0. The van der Waals surface area contributed by atoms with Gasteiger partial charge in [-0.05, 0) is 60.2 Å². The third-order valence-corrected chi connectivity index (χ3v) is 5.06. The fourth-order valence-electron chi connectivity index (χ4n) is 3.60. The first kappa shape index (κ1) is 17.8. The minimum absolute atomic E-state index is 0.474. The van der Waals surface area contributed by atoms with Crippen LogP contribution in [0, 0.1) is 5.92 Å². The lowest BCUT2D eigenvalue weighted by Gasteiger charge is -2.17. The Balaban J connectivity index is 1.60.